The van der Waals surface area contributed by atoms with Crippen LogP contribution in [0.25, 0.3) is 0 Å². The van der Waals surface area contributed by atoms with Gasteiger partial charge in [-0.3, -0.25) is 0 Å². The van der Waals surface area contributed by atoms with Crippen molar-refractivity contribution in [3.8, 4) is 5.75 Å². The molecule has 1 aromatic rings. The maximum atomic E-state index is 9.84. The summed E-state index contributed by atoms with van der Waals surface area (Å²) in [5.74, 6) is 0.252. The van der Waals surface area contributed by atoms with Gasteiger partial charge in [-0.25, -0.2) is 0 Å². The minimum Gasteiger partial charge on any atom is -0.506 e. The van der Waals surface area contributed by atoms with Gasteiger partial charge in [-0.2, -0.15) is 0 Å². The molecule has 0 amide bonds. The number of nitrogens with two attached hydrogens (primary N) is 1. The molecule has 0 aliphatic carbocycles. The average molecular weight is 337 g/mol. The third kappa shape index (κ3) is 3.47. The number of benzene rings is 1. The van der Waals surface area contributed by atoms with Crippen LogP contribution in [-0.2, 0) is 0 Å². The second kappa shape index (κ2) is 5.87. The highest BCUT2D eigenvalue weighted by Crippen LogP contribution is 2.35. The van der Waals surface area contributed by atoms with Gasteiger partial charge >= 0.3 is 0 Å². The number of halogens is 2. The summed E-state index contributed by atoms with van der Waals surface area (Å²) in [5, 5.41) is 9.84. The van der Waals surface area contributed by atoms with Gasteiger partial charge in [0.2, 0.25) is 0 Å². The van der Waals surface area contributed by atoms with E-state index in [4.69, 9.17) is 5.73 Å². The Balaban J connectivity index is 2.92. The van der Waals surface area contributed by atoms with E-state index in [9.17, 15) is 5.11 Å². The Kier molecular flexibility index (Phi) is 5.09. The third-order valence-corrected chi connectivity index (χ3v) is 3.39. The van der Waals surface area contributed by atoms with Gasteiger partial charge in [0.05, 0.1) is 4.47 Å². The van der Waals surface area contributed by atoms with Crippen LogP contribution in [-0.4, -0.2) is 5.11 Å². The van der Waals surface area contributed by atoms with Crippen LogP contribution in [0.2, 0.25) is 0 Å². The monoisotopic (exact) mass is 335 g/mol. The number of phenols is 1. The highest BCUT2D eigenvalue weighted by atomic mass is 79.9. The van der Waals surface area contributed by atoms with Gasteiger partial charge in [0.25, 0.3) is 0 Å². The first kappa shape index (κ1) is 13.0. The fraction of sp³-hybridized carbons (Fsp3) is 0.455. The maximum absolute atomic E-state index is 9.84. The summed E-state index contributed by atoms with van der Waals surface area (Å²) in [6.07, 6.45) is 3.08. The van der Waals surface area contributed by atoms with Gasteiger partial charge in [0.1, 0.15) is 5.75 Å². The second-order valence-electron chi connectivity index (χ2n) is 3.57. The standard InChI is InChI=1S/C11H15Br2NO/c1-2-3-4-10(14)8-5-7(12)6-9(13)11(8)15/h5-6,10,15H,2-4,14H2,1H3/t10-/m0/s1. The molecular formula is C11H15Br2NO. The summed E-state index contributed by atoms with van der Waals surface area (Å²) in [6.45, 7) is 2.13. The van der Waals surface area contributed by atoms with E-state index >= 15 is 0 Å². The van der Waals surface area contributed by atoms with Crippen molar-refractivity contribution >= 4 is 31.9 Å². The van der Waals surface area contributed by atoms with E-state index in [-0.39, 0.29) is 11.8 Å². The minimum absolute atomic E-state index is 0.0984. The highest BCUT2D eigenvalue weighted by molar-refractivity contribution is 9.11. The van der Waals surface area contributed by atoms with Crippen LogP contribution < -0.4 is 5.73 Å². The molecule has 4 heteroatoms. The molecule has 84 valence electrons. The molecule has 0 aliphatic rings. The number of phenolic OH excluding ortho intramolecular Hbond substituents is 1. The van der Waals surface area contributed by atoms with Crippen molar-refractivity contribution in [2.24, 2.45) is 5.73 Å². The van der Waals surface area contributed by atoms with Crippen LogP contribution in [0, 0.1) is 0 Å². The van der Waals surface area contributed by atoms with Crippen LogP contribution in [0.4, 0.5) is 0 Å². The summed E-state index contributed by atoms with van der Waals surface area (Å²) in [5.41, 5.74) is 6.81. The minimum atomic E-state index is -0.0984. The number of hydrogen-bond acceptors (Lipinski definition) is 2. The van der Waals surface area contributed by atoms with E-state index in [2.05, 4.69) is 38.8 Å². The lowest BCUT2D eigenvalue weighted by Gasteiger charge is -2.14. The van der Waals surface area contributed by atoms with Crippen molar-refractivity contribution in [1.29, 1.82) is 0 Å². The lowest BCUT2D eigenvalue weighted by atomic mass is 10.0. The number of rotatable bonds is 4. The van der Waals surface area contributed by atoms with E-state index in [0.29, 0.717) is 4.47 Å². The van der Waals surface area contributed by atoms with Gasteiger partial charge in [-0.05, 0) is 34.5 Å². The zero-order valence-corrected chi connectivity index (χ0v) is 11.8. The molecule has 15 heavy (non-hydrogen) atoms. The fourth-order valence-corrected chi connectivity index (χ4v) is 2.71. The molecule has 0 fully saturated rings. The van der Waals surface area contributed by atoms with Gasteiger partial charge in [-0.15, -0.1) is 0 Å². The zero-order valence-electron chi connectivity index (χ0n) is 8.63. The van der Waals surface area contributed by atoms with Crippen molar-refractivity contribution in [3.63, 3.8) is 0 Å². The molecule has 1 atom stereocenters. The van der Waals surface area contributed by atoms with Crippen molar-refractivity contribution < 1.29 is 5.11 Å². The molecular weight excluding hydrogens is 322 g/mol. The van der Waals surface area contributed by atoms with Crippen LogP contribution in [0.15, 0.2) is 21.1 Å². The number of hydrogen-bond donors (Lipinski definition) is 2. The molecule has 3 N–H and O–H groups in total. The smallest absolute Gasteiger partial charge is 0.134 e. The molecule has 0 saturated heterocycles. The predicted molar refractivity (Wildman–Crippen MR) is 70.0 cm³/mol. The Hall–Kier alpha value is -0.0600. The Labute approximate surface area is 107 Å². The van der Waals surface area contributed by atoms with Gasteiger partial charge in [0, 0.05) is 16.1 Å². The molecule has 0 radical (unpaired) electrons. The van der Waals surface area contributed by atoms with Crippen LogP contribution in [0.1, 0.15) is 37.8 Å². The number of unbranched alkanes of at least 4 members (excludes halogenated alkanes) is 1. The van der Waals surface area contributed by atoms with E-state index in [1.807, 2.05) is 12.1 Å². The molecule has 0 bridgehead atoms. The third-order valence-electron chi connectivity index (χ3n) is 2.33. The largest absolute Gasteiger partial charge is 0.506 e. The lowest BCUT2D eigenvalue weighted by molar-refractivity contribution is 0.453. The molecule has 0 aromatic heterocycles. The SMILES string of the molecule is CCCC[C@H](N)c1cc(Br)cc(Br)c1O. The van der Waals surface area contributed by atoms with E-state index < -0.39 is 0 Å². The lowest BCUT2D eigenvalue weighted by Crippen LogP contribution is -2.10. The van der Waals surface area contributed by atoms with Gasteiger partial charge in [-0.1, -0.05) is 35.7 Å². The van der Waals surface area contributed by atoms with Crippen molar-refractivity contribution in [2.75, 3.05) is 0 Å². The first-order valence-corrected chi connectivity index (χ1v) is 6.58. The summed E-state index contributed by atoms with van der Waals surface area (Å²) in [7, 11) is 0. The Morgan fingerprint density at radius 2 is 2.07 bits per heavy atom. The molecule has 0 spiro atoms. The molecule has 0 saturated carbocycles. The van der Waals surface area contributed by atoms with Crippen LogP contribution >= 0.6 is 31.9 Å². The highest BCUT2D eigenvalue weighted by Gasteiger charge is 2.13. The van der Waals surface area contributed by atoms with Crippen LogP contribution in [0.3, 0.4) is 0 Å². The predicted octanol–water partition coefficient (Wildman–Crippen LogP) is 4.11. The normalized spacial score (nSPS) is 12.8. The second-order valence-corrected chi connectivity index (χ2v) is 5.34. The first-order valence-electron chi connectivity index (χ1n) is 4.99. The Morgan fingerprint density at radius 3 is 2.67 bits per heavy atom. The average Bonchev–Trinajstić information content (AvgIpc) is 2.19. The van der Waals surface area contributed by atoms with Gasteiger partial charge in [0.15, 0.2) is 0 Å². The van der Waals surface area contributed by atoms with Crippen molar-refractivity contribution in [2.45, 2.75) is 32.2 Å². The Morgan fingerprint density at radius 1 is 1.40 bits per heavy atom. The molecule has 0 unspecified atom stereocenters. The topological polar surface area (TPSA) is 46.2 Å². The summed E-state index contributed by atoms with van der Waals surface area (Å²) >= 11 is 6.68. The molecule has 1 aromatic carbocycles. The van der Waals surface area contributed by atoms with Crippen LogP contribution in [0.5, 0.6) is 5.75 Å². The molecule has 0 aliphatic heterocycles. The Bertz CT molecular complexity index is 342. The fourth-order valence-electron chi connectivity index (χ4n) is 1.45. The summed E-state index contributed by atoms with van der Waals surface area (Å²) in [6, 6.07) is 3.59. The zero-order chi connectivity index (χ0) is 11.4. The van der Waals surface area contributed by atoms with Crippen molar-refractivity contribution in [3.05, 3.63) is 26.6 Å². The summed E-state index contributed by atoms with van der Waals surface area (Å²) in [4.78, 5) is 0. The first-order chi connectivity index (χ1) is 7.06. The molecule has 1 rings (SSSR count). The summed E-state index contributed by atoms with van der Waals surface area (Å²) < 4.78 is 1.60. The van der Waals surface area contributed by atoms with Crippen molar-refractivity contribution in [1.82, 2.24) is 0 Å². The maximum Gasteiger partial charge on any atom is 0.134 e. The van der Waals surface area contributed by atoms with Gasteiger partial charge < -0.3 is 10.8 Å². The van der Waals surface area contributed by atoms with E-state index in [1.54, 1.807) is 0 Å². The molecule has 0 heterocycles. The quantitative estimate of drug-likeness (QED) is 0.869. The van der Waals surface area contributed by atoms with E-state index in [1.165, 1.54) is 0 Å². The number of aromatic hydroxyl groups is 1. The van der Waals surface area contributed by atoms with E-state index in [0.717, 1.165) is 29.3 Å². The molecule has 2 nitrogen and oxygen atoms in total.